The van der Waals surface area contributed by atoms with E-state index in [0.717, 1.165) is 28.0 Å². The molecule has 5 rings (SSSR count). The molecule has 30 heavy (non-hydrogen) atoms. The number of nitrogens with zero attached hydrogens (tertiary/aromatic N) is 3. The smallest absolute Gasteiger partial charge is 0.147 e. The van der Waals surface area contributed by atoms with E-state index in [4.69, 9.17) is 9.47 Å². The van der Waals surface area contributed by atoms with Gasteiger partial charge in [-0.05, 0) is 48.4 Å². The predicted molar refractivity (Wildman–Crippen MR) is 113 cm³/mol. The van der Waals surface area contributed by atoms with Gasteiger partial charge in [-0.2, -0.15) is 0 Å². The van der Waals surface area contributed by atoms with Crippen LogP contribution in [0.1, 0.15) is 23.1 Å². The molecule has 0 saturated heterocycles. The molecule has 1 N–H and O–H groups in total. The lowest BCUT2D eigenvalue weighted by atomic mass is 9.88. The summed E-state index contributed by atoms with van der Waals surface area (Å²) in [4.78, 5) is 8.81. The van der Waals surface area contributed by atoms with Gasteiger partial charge in [0.2, 0.25) is 0 Å². The normalized spacial score (nSPS) is 18.1. The maximum Gasteiger partial charge on any atom is 0.147 e. The van der Waals surface area contributed by atoms with Crippen molar-refractivity contribution in [3.05, 3.63) is 83.9 Å². The minimum atomic E-state index is -0.617. The van der Waals surface area contributed by atoms with E-state index in [1.807, 2.05) is 72.4 Å². The molecule has 0 aliphatic carbocycles. The van der Waals surface area contributed by atoms with Gasteiger partial charge in [0.05, 0.1) is 23.7 Å². The minimum Gasteiger partial charge on any atom is -0.493 e. The number of benzene rings is 2. The lowest BCUT2D eigenvalue weighted by Crippen LogP contribution is -2.27. The summed E-state index contributed by atoms with van der Waals surface area (Å²) >= 11 is 0. The highest BCUT2D eigenvalue weighted by Crippen LogP contribution is 2.39. The Bertz CT molecular complexity index is 1170. The molecule has 6 nitrogen and oxygen atoms in total. The number of aromatic nitrogens is 3. The first kappa shape index (κ1) is 18.6. The molecule has 4 aromatic rings. The van der Waals surface area contributed by atoms with Crippen molar-refractivity contribution in [2.75, 3.05) is 6.61 Å². The van der Waals surface area contributed by atoms with Crippen molar-refractivity contribution in [1.29, 1.82) is 0 Å². The number of pyridine rings is 1. The molecule has 0 radical (unpaired) electrons. The van der Waals surface area contributed by atoms with Crippen LogP contribution in [0.15, 0.2) is 67.0 Å². The minimum absolute atomic E-state index is 0.0308. The Morgan fingerprint density at radius 2 is 2.07 bits per heavy atom. The second-order valence-corrected chi connectivity index (χ2v) is 7.65. The third-order valence-electron chi connectivity index (χ3n) is 5.67. The highest BCUT2D eigenvalue weighted by molar-refractivity contribution is 5.75. The fourth-order valence-electron chi connectivity index (χ4n) is 3.99. The van der Waals surface area contributed by atoms with Gasteiger partial charge in [0, 0.05) is 30.9 Å². The number of aryl methyl sites for hydroxylation is 1. The summed E-state index contributed by atoms with van der Waals surface area (Å²) in [6.45, 7) is 0.823. The Labute approximate surface area is 174 Å². The van der Waals surface area contributed by atoms with E-state index >= 15 is 0 Å². The molecular formula is C24H23N3O3. The van der Waals surface area contributed by atoms with E-state index < -0.39 is 6.10 Å². The summed E-state index contributed by atoms with van der Waals surface area (Å²) in [6.07, 6.45) is 3.67. The van der Waals surface area contributed by atoms with E-state index in [1.165, 1.54) is 0 Å². The maximum atomic E-state index is 11.0. The highest BCUT2D eigenvalue weighted by atomic mass is 16.5. The quantitative estimate of drug-likeness (QED) is 0.550. The Kier molecular flexibility index (Phi) is 4.85. The van der Waals surface area contributed by atoms with Crippen molar-refractivity contribution in [3.8, 4) is 11.5 Å². The van der Waals surface area contributed by atoms with Gasteiger partial charge < -0.3 is 19.1 Å². The van der Waals surface area contributed by atoms with Crippen molar-refractivity contribution in [2.24, 2.45) is 13.0 Å². The number of hydrogen-bond donors (Lipinski definition) is 1. The van der Waals surface area contributed by atoms with E-state index in [9.17, 15) is 5.11 Å². The number of imidazole rings is 1. The van der Waals surface area contributed by atoms with Gasteiger partial charge in [-0.1, -0.05) is 18.2 Å². The van der Waals surface area contributed by atoms with E-state index in [1.54, 1.807) is 6.20 Å². The van der Waals surface area contributed by atoms with Crippen molar-refractivity contribution >= 4 is 11.0 Å². The van der Waals surface area contributed by atoms with Crippen LogP contribution >= 0.6 is 0 Å². The molecule has 0 bridgehead atoms. The van der Waals surface area contributed by atoms with Gasteiger partial charge in [-0.3, -0.25) is 4.98 Å². The molecule has 1 aliphatic heterocycles. The van der Waals surface area contributed by atoms with Crippen LogP contribution in [0.3, 0.4) is 0 Å². The second kappa shape index (κ2) is 7.80. The molecule has 2 aromatic heterocycles. The fourth-order valence-corrected chi connectivity index (χ4v) is 3.99. The lowest BCUT2D eigenvalue weighted by molar-refractivity contribution is 0.0504. The Balaban J connectivity index is 1.33. The van der Waals surface area contributed by atoms with E-state index in [-0.39, 0.29) is 5.92 Å². The first-order chi connectivity index (χ1) is 14.7. The summed E-state index contributed by atoms with van der Waals surface area (Å²) in [5.74, 6) is 2.21. The zero-order valence-corrected chi connectivity index (χ0v) is 16.7. The molecule has 0 fully saturated rings. The first-order valence-corrected chi connectivity index (χ1v) is 10.1. The second-order valence-electron chi connectivity index (χ2n) is 7.65. The molecule has 0 saturated carbocycles. The molecule has 0 spiro atoms. The third kappa shape index (κ3) is 3.50. The van der Waals surface area contributed by atoms with Crippen LogP contribution in [0.4, 0.5) is 0 Å². The molecule has 2 atom stereocenters. The van der Waals surface area contributed by atoms with Crippen LogP contribution in [-0.2, 0) is 20.1 Å². The van der Waals surface area contributed by atoms with E-state index in [0.29, 0.717) is 31.1 Å². The fraction of sp³-hybridized carbons (Fsp3) is 0.250. The molecule has 6 heteroatoms. The average molecular weight is 401 g/mol. The molecule has 2 aromatic carbocycles. The predicted octanol–water partition coefficient (Wildman–Crippen LogP) is 3.83. The summed E-state index contributed by atoms with van der Waals surface area (Å²) in [7, 11) is 1.99. The lowest BCUT2D eigenvalue weighted by Gasteiger charge is -2.30. The van der Waals surface area contributed by atoms with Crippen molar-refractivity contribution in [3.63, 3.8) is 0 Å². The van der Waals surface area contributed by atoms with Crippen molar-refractivity contribution in [1.82, 2.24) is 14.5 Å². The van der Waals surface area contributed by atoms with Crippen LogP contribution in [0.25, 0.3) is 11.0 Å². The Morgan fingerprint density at radius 3 is 2.90 bits per heavy atom. The maximum absolute atomic E-state index is 11.0. The Hall–Kier alpha value is -3.38. The van der Waals surface area contributed by atoms with Gasteiger partial charge in [0.15, 0.2) is 0 Å². The summed E-state index contributed by atoms with van der Waals surface area (Å²) < 4.78 is 14.0. The number of ether oxygens (including phenoxy) is 2. The van der Waals surface area contributed by atoms with Gasteiger partial charge in [-0.25, -0.2) is 4.98 Å². The van der Waals surface area contributed by atoms with Gasteiger partial charge in [0.1, 0.15) is 23.9 Å². The van der Waals surface area contributed by atoms with Crippen LogP contribution in [-0.4, -0.2) is 26.2 Å². The number of aliphatic hydroxyl groups is 1. The summed E-state index contributed by atoms with van der Waals surface area (Å²) in [5, 5.41) is 11.0. The van der Waals surface area contributed by atoms with Crippen LogP contribution < -0.4 is 9.47 Å². The standard InChI is InChI=1S/C24H23N3O3/c1-27-21-7-3-2-6-20(21)26-23(27)15-29-18-8-9-22-19(12-18)24(28)17(14-30-22)11-16-5-4-10-25-13-16/h2-10,12-13,17,24,28H,11,14-15H2,1H3/t17-,24+/m0/s1. The zero-order valence-electron chi connectivity index (χ0n) is 16.7. The summed E-state index contributed by atoms with van der Waals surface area (Å²) in [5.41, 5.74) is 3.87. The zero-order chi connectivity index (χ0) is 20.5. The number of fused-ring (bicyclic) bond motifs is 2. The molecule has 1 aliphatic rings. The van der Waals surface area contributed by atoms with Crippen LogP contribution in [0.5, 0.6) is 11.5 Å². The average Bonchev–Trinajstić information content (AvgIpc) is 3.11. The monoisotopic (exact) mass is 401 g/mol. The number of hydrogen-bond acceptors (Lipinski definition) is 5. The van der Waals surface area contributed by atoms with E-state index in [2.05, 4.69) is 9.97 Å². The molecule has 0 unspecified atom stereocenters. The highest BCUT2D eigenvalue weighted by Gasteiger charge is 2.30. The molecule has 3 heterocycles. The number of rotatable bonds is 5. The largest absolute Gasteiger partial charge is 0.493 e. The Morgan fingerprint density at radius 1 is 1.17 bits per heavy atom. The molecular weight excluding hydrogens is 378 g/mol. The SMILES string of the molecule is Cn1c(COc2ccc3c(c2)[C@H](O)[C@@H](Cc2cccnc2)CO3)nc2ccccc21. The third-order valence-corrected chi connectivity index (χ3v) is 5.67. The van der Waals surface area contributed by atoms with Crippen LogP contribution in [0, 0.1) is 5.92 Å². The number of para-hydroxylation sites is 2. The molecule has 0 amide bonds. The number of aliphatic hydroxyl groups excluding tert-OH is 1. The van der Waals surface area contributed by atoms with Gasteiger partial charge >= 0.3 is 0 Å². The topological polar surface area (TPSA) is 69.4 Å². The van der Waals surface area contributed by atoms with Crippen molar-refractivity contribution in [2.45, 2.75) is 19.1 Å². The van der Waals surface area contributed by atoms with Gasteiger partial charge in [0.25, 0.3) is 0 Å². The van der Waals surface area contributed by atoms with Gasteiger partial charge in [-0.15, -0.1) is 0 Å². The summed E-state index contributed by atoms with van der Waals surface area (Å²) in [6, 6.07) is 17.6. The van der Waals surface area contributed by atoms with Crippen LogP contribution in [0.2, 0.25) is 0 Å². The first-order valence-electron chi connectivity index (χ1n) is 10.1. The van der Waals surface area contributed by atoms with Crippen molar-refractivity contribution < 1.29 is 14.6 Å². The molecule has 152 valence electrons.